The molecule has 1 aliphatic heterocycles. The second kappa shape index (κ2) is 5.77. The molecule has 0 aliphatic carbocycles. The standard InChI is InChI=1S/C20H18N2O3/c1-12(20(24)25-2)22-18(14-8-3-4-9-15(14)19(22)23)16-11-21-17-10-6-5-7-13(16)17/h3-12,18,21H,1-2H3. The van der Waals surface area contributed by atoms with Crippen molar-refractivity contribution in [3.8, 4) is 0 Å². The molecule has 2 heterocycles. The Labute approximate surface area is 145 Å². The summed E-state index contributed by atoms with van der Waals surface area (Å²) in [6.07, 6.45) is 1.92. The van der Waals surface area contributed by atoms with Gasteiger partial charge in [0.1, 0.15) is 6.04 Å². The first-order chi connectivity index (χ1) is 12.1. The van der Waals surface area contributed by atoms with E-state index in [0.717, 1.165) is 22.0 Å². The van der Waals surface area contributed by atoms with Crippen LogP contribution in [-0.4, -0.2) is 34.9 Å². The second-order valence-corrected chi connectivity index (χ2v) is 6.19. The van der Waals surface area contributed by atoms with Gasteiger partial charge in [-0.3, -0.25) is 4.79 Å². The van der Waals surface area contributed by atoms with Gasteiger partial charge in [-0.05, 0) is 24.6 Å². The van der Waals surface area contributed by atoms with Crippen LogP contribution in [0.2, 0.25) is 0 Å². The number of methoxy groups -OCH3 is 1. The molecule has 5 nitrogen and oxygen atoms in total. The van der Waals surface area contributed by atoms with E-state index in [9.17, 15) is 9.59 Å². The average molecular weight is 334 g/mol. The maximum Gasteiger partial charge on any atom is 0.328 e. The number of nitrogens with zero attached hydrogens (tertiary/aromatic N) is 1. The summed E-state index contributed by atoms with van der Waals surface area (Å²) in [5.41, 5.74) is 3.52. The summed E-state index contributed by atoms with van der Waals surface area (Å²) in [6.45, 7) is 1.71. The number of aromatic amines is 1. The Bertz CT molecular complexity index is 976. The Morgan fingerprint density at radius 3 is 2.64 bits per heavy atom. The van der Waals surface area contributed by atoms with E-state index in [1.807, 2.05) is 54.7 Å². The Hall–Kier alpha value is -3.08. The summed E-state index contributed by atoms with van der Waals surface area (Å²) < 4.78 is 4.88. The molecule has 1 N–H and O–H groups in total. The number of carbonyl (C=O) groups is 2. The van der Waals surface area contributed by atoms with Crippen LogP contribution in [0.15, 0.2) is 54.7 Å². The molecule has 2 atom stereocenters. The Balaban J connectivity index is 1.92. The lowest BCUT2D eigenvalue weighted by Gasteiger charge is -2.29. The normalized spacial score (nSPS) is 17.6. The van der Waals surface area contributed by atoms with E-state index in [1.54, 1.807) is 11.8 Å². The molecule has 2 unspecified atom stereocenters. The molecule has 1 amide bonds. The second-order valence-electron chi connectivity index (χ2n) is 6.19. The summed E-state index contributed by atoms with van der Waals surface area (Å²) in [4.78, 5) is 30.0. The first kappa shape index (κ1) is 15.4. The van der Waals surface area contributed by atoms with E-state index in [4.69, 9.17) is 4.74 Å². The minimum absolute atomic E-state index is 0.149. The Kier molecular flexibility index (Phi) is 3.57. The fourth-order valence-corrected chi connectivity index (χ4v) is 3.66. The van der Waals surface area contributed by atoms with Crippen LogP contribution in [-0.2, 0) is 9.53 Å². The molecule has 126 valence electrons. The third kappa shape index (κ3) is 2.23. The molecule has 5 heteroatoms. The van der Waals surface area contributed by atoms with Crippen molar-refractivity contribution in [1.29, 1.82) is 0 Å². The van der Waals surface area contributed by atoms with Crippen LogP contribution in [0.1, 0.15) is 34.5 Å². The molecule has 0 saturated carbocycles. The number of amides is 1. The highest BCUT2D eigenvalue weighted by Crippen LogP contribution is 2.42. The first-order valence-electron chi connectivity index (χ1n) is 8.19. The van der Waals surface area contributed by atoms with Gasteiger partial charge in [0.2, 0.25) is 0 Å². The van der Waals surface area contributed by atoms with Gasteiger partial charge in [-0.15, -0.1) is 0 Å². The summed E-state index contributed by atoms with van der Waals surface area (Å²) in [5.74, 6) is -0.574. The lowest BCUT2D eigenvalue weighted by atomic mass is 9.97. The van der Waals surface area contributed by atoms with Crippen molar-refractivity contribution in [2.45, 2.75) is 19.0 Å². The molecule has 1 aromatic heterocycles. The fraction of sp³-hybridized carbons (Fsp3) is 0.200. The van der Waals surface area contributed by atoms with Gasteiger partial charge in [-0.25, -0.2) is 4.79 Å². The number of benzene rings is 2. The number of H-pyrrole nitrogens is 1. The van der Waals surface area contributed by atoms with Crippen LogP contribution in [0.3, 0.4) is 0 Å². The number of hydrogen-bond donors (Lipinski definition) is 1. The number of ether oxygens (including phenoxy) is 1. The minimum Gasteiger partial charge on any atom is -0.467 e. The van der Waals surface area contributed by atoms with Gasteiger partial charge in [0, 0.05) is 28.2 Å². The summed E-state index contributed by atoms with van der Waals surface area (Å²) in [6, 6.07) is 14.5. The van der Waals surface area contributed by atoms with Crippen LogP contribution in [0.4, 0.5) is 0 Å². The Morgan fingerprint density at radius 2 is 1.84 bits per heavy atom. The lowest BCUT2D eigenvalue weighted by Crippen LogP contribution is -2.42. The van der Waals surface area contributed by atoms with E-state index < -0.39 is 12.0 Å². The maximum atomic E-state index is 13.0. The van der Waals surface area contributed by atoms with E-state index in [1.165, 1.54) is 7.11 Å². The number of nitrogens with one attached hydrogen (secondary N) is 1. The van der Waals surface area contributed by atoms with Crippen LogP contribution in [0.5, 0.6) is 0 Å². The fourth-order valence-electron chi connectivity index (χ4n) is 3.66. The molecule has 0 saturated heterocycles. The number of fused-ring (bicyclic) bond motifs is 2. The van der Waals surface area contributed by atoms with Gasteiger partial charge in [-0.1, -0.05) is 36.4 Å². The number of para-hydroxylation sites is 1. The molecular formula is C20H18N2O3. The summed E-state index contributed by atoms with van der Waals surface area (Å²) >= 11 is 0. The summed E-state index contributed by atoms with van der Waals surface area (Å²) in [5, 5.41) is 1.04. The van der Waals surface area contributed by atoms with Gasteiger partial charge in [0.05, 0.1) is 13.2 Å². The van der Waals surface area contributed by atoms with Crippen molar-refractivity contribution >= 4 is 22.8 Å². The van der Waals surface area contributed by atoms with Crippen LogP contribution < -0.4 is 0 Å². The first-order valence-corrected chi connectivity index (χ1v) is 8.19. The zero-order valence-corrected chi connectivity index (χ0v) is 14.0. The zero-order chi connectivity index (χ0) is 17.6. The topological polar surface area (TPSA) is 62.4 Å². The predicted molar refractivity (Wildman–Crippen MR) is 94.2 cm³/mol. The SMILES string of the molecule is COC(=O)C(C)N1C(=O)c2ccccc2C1c1c[nH]c2ccccc12. The number of esters is 1. The number of carbonyl (C=O) groups excluding carboxylic acids is 2. The van der Waals surface area contributed by atoms with Gasteiger partial charge in [-0.2, -0.15) is 0 Å². The predicted octanol–water partition coefficient (Wildman–Crippen LogP) is 3.27. The van der Waals surface area contributed by atoms with Crippen molar-refractivity contribution in [3.05, 3.63) is 71.4 Å². The molecule has 0 fully saturated rings. The third-order valence-corrected chi connectivity index (χ3v) is 4.87. The molecule has 2 aromatic carbocycles. The highest BCUT2D eigenvalue weighted by Gasteiger charge is 2.43. The summed E-state index contributed by atoms with van der Waals surface area (Å²) in [7, 11) is 1.34. The van der Waals surface area contributed by atoms with E-state index >= 15 is 0 Å². The van der Waals surface area contributed by atoms with E-state index in [0.29, 0.717) is 5.56 Å². The van der Waals surface area contributed by atoms with Gasteiger partial charge >= 0.3 is 5.97 Å². The molecule has 0 spiro atoms. The third-order valence-electron chi connectivity index (χ3n) is 4.87. The quantitative estimate of drug-likeness (QED) is 0.748. The molecule has 4 rings (SSSR count). The monoisotopic (exact) mass is 334 g/mol. The van der Waals surface area contributed by atoms with Crippen molar-refractivity contribution in [2.24, 2.45) is 0 Å². The molecule has 25 heavy (non-hydrogen) atoms. The van der Waals surface area contributed by atoms with E-state index in [2.05, 4.69) is 4.98 Å². The largest absolute Gasteiger partial charge is 0.467 e. The van der Waals surface area contributed by atoms with Gasteiger partial charge in [0.25, 0.3) is 5.91 Å². The molecule has 0 bridgehead atoms. The van der Waals surface area contributed by atoms with Crippen molar-refractivity contribution < 1.29 is 14.3 Å². The number of aromatic nitrogens is 1. The van der Waals surface area contributed by atoms with Crippen molar-refractivity contribution in [2.75, 3.05) is 7.11 Å². The van der Waals surface area contributed by atoms with Gasteiger partial charge in [0.15, 0.2) is 0 Å². The number of hydrogen-bond acceptors (Lipinski definition) is 3. The van der Waals surface area contributed by atoms with Crippen molar-refractivity contribution in [3.63, 3.8) is 0 Å². The lowest BCUT2D eigenvalue weighted by molar-refractivity contribution is -0.145. The highest BCUT2D eigenvalue weighted by atomic mass is 16.5. The van der Waals surface area contributed by atoms with Crippen LogP contribution in [0.25, 0.3) is 10.9 Å². The van der Waals surface area contributed by atoms with Gasteiger partial charge < -0.3 is 14.6 Å². The Morgan fingerprint density at radius 1 is 1.12 bits per heavy atom. The van der Waals surface area contributed by atoms with E-state index in [-0.39, 0.29) is 11.9 Å². The molecule has 0 radical (unpaired) electrons. The zero-order valence-electron chi connectivity index (χ0n) is 14.0. The number of rotatable bonds is 3. The maximum absolute atomic E-state index is 13.0. The van der Waals surface area contributed by atoms with Crippen molar-refractivity contribution in [1.82, 2.24) is 9.88 Å². The minimum atomic E-state index is -0.677. The van der Waals surface area contributed by atoms with Crippen LogP contribution in [0, 0.1) is 0 Å². The molecule has 1 aliphatic rings. The molecule has 3 aromatic rings. The average Bonchev–Trinajstić information content (AvgIpc) is 3.19. The smallest absolute Gasteiger partial charge is 0.328 e. The van der Waals surface area contributed by atoms with Crippen LogP contribution >= 0.6 is 0 Å². The highest BCUT2D eigenvalue weighted by molar-refractivity contribution is 6.02. The molecular weight excluding hydrogens is 316 g/mol.